The molecule has 0 N–H and O–H groups in total. The number of methoxy groups -OCH3 is 1. The van der Waals surface area contributed by atoms with Crippen LogP contribution in [-0.4, -0.2) is 38.1 Å². The van der Waals surface area contributed by atoms with Crippen molar-refractivity contribution >= 4 is 5.91 Å². The number of aryl methyl sites for hydroxylation is 1. The van der Waals surface area contributed by atoms with Crippen LogP contribution in [0.4, 0.5) is 0 Å². The maximum Gasteiger partial charge on any atom is 0.226 e. The smallest absolute Gasteiger partial charge is 0.226 e. The number of nitrogens with zero attached hydrogens (tertiary/aromatic N) is 1. The highest BCUT2D eigenvalue weighted by molar-refractivity contribution is 5.78. The summed E-state index contributed by atoms with van der Waals surface area (Å²) >= 11 is 0. The fraction of sp³-hybridized carbons (Fsp3) is 0.462. The Balaban J connectivity index is 2.50. The number of carbonyl (C=O) groups is 1. The Bertz CT molecular complexity index is 350. The summed E-state index contributed by atoms with van der Waals surface area (Å²) in [5.41, 5.74) is 2.25. The van der Waals surface area contributed by atoms with E-state index in [4.69, 9.17) is 4.74 Å². The molecular formula is C13H19NO2. The van der Waals surface area contributed by atoms with Crippen molar-refractivity contribution in [2.45, 2.75) is 13.3 Å². The van der Waals surface area contributed by atoms with E-state index in [9.17, 15) is 4.79 Å². The highest BCUT2D eigenvalue weighted by Crippen LogP contribution is 2.05. The average molecular weight is 221 g/mol. The van der Waals surface area contributed by atoms with Crippen molar-refractivity contribution in [2.24, 2.45) is 0 Å². The number of ether oxygens (including phenoxy) is 1. The highest BCUT2D eigenvalue weighted by atomic mass is 16.5. The van der Waals surface area contributed by atoms with Gasteiger partial charge in [0.15, 0.2) is 0 Å². The van der Waals surface area contributed by atoms with E-state index in [0.29, 0.717) is 19.6 Å². The van der Waals surface area contributed by atoms with E-state index < -0.39 is 0 Å². The van der Waals surface area contributed by atoms with Gasteiger partial charge in [0.1, 0.15) is 0 Å². The fourth-order valence-electron chi connectivity index (χ4n) is 1.48. The van der Waals surface area contributed by atoms with Crippen molar-refractivity contribution in [1.29, 1.82) is 0 Å². The Labute approximate surface area is 97.0 Å². The zero-order valence-corrected chi connectivity index (χ0v) is 10.2. The molecule has 0 aliphatic rings. The average Bonchev–Trinajstić information content (AvgIpc) is 2.25. The van der Waals surface area contributed by atoms with Gasteiger partial charge < -0.3 is 9.64 Å². The van der Waals surface area contributed by atoms with Crippen LogP contribution in [0.2, 0.25) is 0 Å². The SMILES string of the molecule is COCCN(C)C(=O)Cc1cccc(C)c1. The lowest BCUT2D eigenvalue weighted by atomic mass is 10.1. The molecule has 0 atom stereocenters. The summed E-state index contributed by atoms with van der Waals surface area (Å²) in [7, 11) is 3.44. The Morgan fingerprint density at radius 3 is 2.81 bits per heavy atom. The van der Waals surface area contributed by atoms with Crippen LogP contribution in [0, 0.1) is 6.92 Å². The molecule has 1 aromatic carbocycles. The molecule has 0 spiro atoms. The number of hydrogen-bond donors (Lipinski definition) is 0. The van der Waals surface area contributed by atoms with Crippen molar-refractivity contribution in [2.75, 3.05) is 27.3 Å². The lowest BCUT2D eigenvalue weighted by molar-refractivity contribution is -0.129. The van der Waals surface area contributed by atoms with Gasteiger partial charge in [-0.3, -0.25) is 4.79 Å². The van der Waals surface area contributed by atoms with Gasteiger partial charge in [-0.2, -0.15) is 0 Å². The van der Waals surface area contributed by atoms with Crippen LogP contribution in [0.5, 0.6) is 0 Å². The topological polar surface area (TPSA) is 29.5 Å². The number of likely N-dealkylation sites (N-methyl/N-ethyl adjacent to an activating group) is 1. The van der Waals surface area contributed by atoms with Gasteiger partial charge in [0, 0.05) is 20.7 Å². The van der Waals surface area contributed by atoms with Crippen LogP contribution in [0.25, 0.3) is 0 Å². The second-order valence-electron chi connectivity index (χ2n) is 3.97. The van der Waals surface area contributed by atoms with Gasteiger partial charge >= 0.3 is 0 Å². The number of carbonyl (C=O) groups excluding carboxylic acids is 1. The van der Waals surface area contributed by atoms with Crippen molar-refractivity contribution < 1.29 is 9.53 Å². The van der Waals surface area contributed by atoms with Crippen LogP contribution in [-0.2, 0) is 16.0 Å². The van der Waals surface area contributed by atoms with Crippen molar-refractivity contribution in [3.05, 3.63) is 35.4 Å². The summed E-state index contributed by atoms with van der Waals surface area (Å²) in [5, 5.41) is 0. The van der Waals surface area contributed by atoms with E-state index in [0.717, 1.165) is 5.56 Å². The van der Waals surface area contributed by atoms with Gasteiger partial charge in [-0.1, -0.05) is 29.8 Å². The van der Waals surface area contributed by atoms with Gasteiger partial charge in [0.25, 0.3) is 0 Å². The summed E-state index contributed by atoms with van der Waals surface area (Å²) in [4.78, 5) is 13.5. The number of hydrogen-bond acceptors (Lipinski definition) is 2. The molecule has 0 saturated carbocycles. The second kappa shape index (κ2) is 6.28. The quantitative estimate of drug-likeness (QED) is 0.756. The third-order valence-electron chi connectivity index (χ3n) is 2.49. The molecule has 0 radical (unpaired) electrons. The first kappa shape index (κ1) is 12.7. The number of benzene rings is 1. The number of amides is 1. The molecule has 0 heterocycles. The van der Waals surface area contributed by atoms with E-state index in [-0.39, 0.29) is 5.91 Å². The Morgan fingerprint density at radius 1 is 1.44 bits per heavy atom. The molecule has 1 aromatic rings. The first-order valence-corrected chi connectivity index (χ1v) is 5.42. The van der Waals surface area contributed by atoms with E-state index >= 15 is 0 Å². The minimum atomic E-state index is 0.127. The lowest BCUT2D eigenvalue weighted by Crippen LogP contribution is -2.31. The molecule has 0 saturated heterocycles. The monoisotopic (exact) mass is 221 g/mol. The minimum absolute atomic E-state index is 0.127. The van der Waals surface area contributed by atoms with Crippen LogP contribution >= 0.6 is 0 Å². The van der Waals surface area contributed by atoms with Gasteiger partial charge in [-0.25, -0.2) is 0 Å². The molecule has 88 valence electrons. The molecule has 1 amide bonds. The van der Waals surface area contributed by atoms with Gasteiger partial charge in [0.2, 0.25) is 5.91 Å². The van der Waals surface area contributed by atoms with Crippen LogP contribution in [0.1, 0.15) is 11.1 Å². The zero-order chi connectivity index (χ0) is 12.0. The molecule has 3 nitrogen and oxygen atoms in total. The van der Waals surface area contributed by atoms with E-state index in [1.165, 1.54) is 5.56 Å². The summed E-state index contributed by atoms with van der Waals surface area (Å²) in [5.74, 6) is 0.127. The lowest BCUT2D eigenvalue weighted by Gasteiger charge is -2.16. The molecule has 1 rings (SSSR count). The molecule has 0 unspecified atom stereocenters. The molecule has 0 aliphatic carbocycles. The summed E-state index contributed by atoms with van der Waals surface area (Å²) in [6.45, 7) is 3.25. The Morgan fingerprint density at radius 2 is 2.19 bits per heavy atom. The molecule has 0 bridgehead atoms. The van der Waals surface area contributed by atoms with E-state index in [1.54, 1.807) is 19.1 Å². The Hall–Kier alpha value is -1.35. The first-order valence-electron chi connectivity index (χ1n) is 5.42. The molecule has 16 heavy (non-hydrogen) atoms. The van der Waals surface area contributed by atoms with Crippen molar-refractivity contribution in [1.82, 2.24) is 4.90 Å². The predicted molar refractivity (Wildman–Crippen MR) is 64.4 cm³/mol. The van der Waals surface area contributed by atoms with E-state index in [2.05, 4.69) is 0 Å². The van der Waals surface area contributed by atoms with Crippen molar-refractivity contribution in [3.63, 3.8) is 0 Å². The minimum Gasteiger partial charge on any atom is -0.383 e. The number of rotatable bonds is 5. The molecular weight excluding hydrogens is 202 g/mol. The Kier molecular flexibility index (Phi) is 4.99. The third kappa shape index (κ3) is 4.03. The van der Waals surface area contributed by atoms with Crippen LogP contribution in [0.3, 0.4) is 0 Å². The van der Waals surface area contributed by atoms with Crippen LogP contribution < -0.4 is 0 Å². The maximum absolute atomic E-state index is 11.8. The zero-order valence-electron chi connectivity index (χ0n) is 10.2. The second-order valence-corrected chi connectivity index (χ2v) is 3.97. The summed E-state index contributed by atoms with van der Waals surface area (Å²) < 4.78 is 4.94. The highest BCUT2D eigenvalue weighted by Gasteiger charge is 2.08. The molecule has 0 aromatic heterocycles. The summed E-state index contributed by atoms with van der Waals surface area (Å²) in [6.07, 6.45) is 0.460. The molecule has 0 fully saturated rings. The normalized spacial score (nSPS) is 10.2. The maximum atomic E-state index is 11.8. The van der Waals surface area contributed by atoms with Gasteiger partial charge in [-0.05, 0) is 12.5 Å². The van der Waals surface area contributed by atoms with Gasteiger partial charge in [-0.15, -0.1) is 0 Å². The largest absolute Gasteiger partial charge is 0.383 e. The molecule has 0 aliphatic heterocycles. The van der Waals surface area contributed by atoms with Crippen LogP contribution in [0.15, 0.2) is 24.3 Å². The predicted octanol–water partition coefficient (Wildman–Crippen LogP) is 1.64. The molecule has 3 heteroatoms. The van der Waals surface area contributed by atoms with Crippen molar-refractivity contribution in [3.8, 4) is 0 Å². The first-order chi connectivity index (χ1) is 7.63. The van der Waals surface area contributed by atoms with Gasteiger partial charge in [0.05, 0.1) is 13.0 Å². The fourth-order valence-corrected chi connectivity index (χ4v) is 1.48. The van der Waals surface area contributed by atoms with E-state index in [1.807, 2.05) is 31.2 Å². The summed E-state index contributed by atoms with van der Waals surface area (Å²) in [6, 6.07) is 8.03. The standard InChI is InChI=1S/C13H19NO2/c1-11-5-4-6-12(9-11)10-13(15)14(2)7-8-16-3/h4-6,9H,7-8,10H2,1-3H3. The third-order valence-corrected chi connectivity index (χ3v) is 2.49.